The molecule has 0 radical (unpaired) electrons. The second-order valence-electron chi connectivity index (χ2n) is 16.9. The van der Waals surface area contributed by atoms with E-state index < -0.39 is 53.6 Å². The van der Waals surface area contributed by atoms with Crippen molar-refractivity contribution < 1.29 is 48.0 Å². The van der Waals surface area contributed by atoms with E-state index in [1.165, 1.54) is 11.0 Å². The van der Waals surface area contributed by atoms with Gasteiger partial charge in [0.15, 0.2) is 5.79 Å². The van der Waals surface area contributed by atoms with E-state index in [0.717, 1.165) is 44.1 Å². The molecule has 0 spiro atoms. The second kappa shape index (κ2) is 22.7. The van der Waals surface area contributed by atoms with E-state index in [0.29, 0.717) is 35.1 Å². The molecule has 2 aliphatic rings. The molecule has 13 nitrogen and oxygen atoms in total. The molecule has 0 saturated carbocycles. The molecule has 2 aromatic rings. The molecule has 1 aliphatic carbocycles. The van der Waals surface area contributed by atoms with Crippen LogP contribution in [0.5, 0.6) is 0 Å². The fraction of sp³-hybridized carbons (Fsp3) is 0.553. The standard InChI is InChI=1S/C47H65N3O10/c1-8-10-12-25-47(26-13-11-9-2)58-39-29-36(28-38(42(39)60-47)57-45(56)34-20-17-32(18-21-34)19-23-40(52)50(6)7)43(54)48-30-33-15-14-16-35(27-33)44(55)49-37(31-51)22-24-41(53)59-46(3,4)5/h14-21,23,27,29,37-39,42,51H,8-13,22,24-26,28,30-31H2,1-7H3,(H,48,54)(H,49,55)/t37-,38+,39+,42-/m0/s1. The number of carbonyl (C=O) groups is 5. The average Bonchev–Trinajstić information content (AvgIpc) is 3.58. The number of hydrogen-bond acceptors (Lipinski definition) is 10. The van der Waals surface area contributed by atoms with E-state index >= 15 is 0 Å². The largest absolute Gasteiger partial charge is 0.460 e. The average molecular weight is 832 g/mol. The van der Waals surface area contributed by atoms with Crippen LogP contribution in [0.1, 0.15) is 137 Å². The van der Waals surface area contributed by atoms with Crippen LogP contribution in [0.2, 0.25) is 0 Å². The minimum Gasteiger partial charge on any atom is -0.460 e. The predicted molar refractivity (Wildman–Crippen MR) is 229 cm³/mol. The number of nitrogens with one attached hydrogen (secondary N) is 2. The SMILES string of the molecule is CCCCCC1(CCCCC)O[C@@H]2[C@@H](C=C(C(=O)NCc3cccc(C(=O)N[C@H](CO)CCC(=O)OC(C)(C)C)c3)C[C@H]2OC(=O)c2ccc(C=CC(=O)N(C)C)cc2)O1. The Bertz CT molecular complexity index is 1820. The smallest absolute Gasteiger partial charge is 0.338 e. The van der Waals surface area contributed by atoms with Crippen LogP contribution in [0.25, 0.3) is 6.08 Å². The number of carbonyl (C=O) groups excluding carboxylic acids is 5. The van der Waals surface area contributed by atoms with Gasteiger partial charge >= 0.3 is 11.9 Å². The van der Waals surface area contributed by atoms with Crippen molar-refractivity contribution in [1.29, 1.82) is 0 Å². The minimum absolute atomic E-state index is 0.0364. The van der Waals surface area contributed by atoms with Crippen molar-refractivity contribution in [3.05, 3.63) is 88.5 Å². The Morgan fingerprint density at radius 1 is 0.933 bits per heavy atom. The second-order valence-corrected chi connectivity index (χ2v) is 16.9. The van der Waals surface area contributed by atoms with E-state index in [1.54, 1.807) is 95.5 Å². The third kappa shape index (κ3) is 14.7. The quantitative estimate of drug-likeness (QED) is 0.0690. The summed E-state index contributed by atoms with van der Waals surface area (Å²) in [5.74, 6) is -2.80. The number of esters is 2. The fourth-order valence-electron chi connectivity index (χ4n) is 7.13. The molecule has 0 aromatic heterocycles. The maximum Gasteiger partial charge on any atom is 0.338 e. The normalized spacial score (nSPS) is 18.9. The number of benzene rings is 2. The van der Waals surface area contributed by atoms with Gasteiger partial charge in [-0.2, -0.15) is 0 Å². The molecule has 1 fully saturated rings. The number of rotatable bonds is 21. The van der Waals surface area contributed by atoms with E-state index in [-0.39, 0.29) is 44.2 Å². The van der Waals surface area contributed by atoms with Crippen molar-refractivity contribution in [2.24, 2.45) is 0 Å². The lowest BCUT2D eigenvalue weighted by atomic mass is 9.91. The highest BCUT2D eigenvalue weighted by molar-refractivity contribution is 5.96. The molecule has 328 valence electrons. The molecule has 2 aromatic carbocycles. The Hall–Kier alpha value is -4.85. The third-order valence-corrected chi connectivity index (χ3v) is 10.4. The van der Waals surface area contributed by atoms with Gasteiger partial charge in [-0.25, -0.2) is 4.79 Å². The van der Waals surface area contributed by atoms with Crippen molar-refractivity contribution in [3.8, 4) is 0 Å². The van der Waals surface area contributed by atoms with Crippen LogP contribution in [0.4, 0.5) is 0 Å². The fourth-order valence-corrected chi connectivity index (χ4v) is 7.13. The Balaban J connectivity index is 1.48. The van der Waals surface area contributed by atoms with E-state index in [4.69, 9.17) is 18.9 Å². The first-order valence-corrected chi connectivity index (χ1v) is 21.3. The van der Waals surface area contributed by atoms with E-state index in [9.17, 15) is 29.1 Å². The van der Waals surface area contributed by atoms with Gasteiger partial charge in [-0.3, -0.25) is 19.2 Å². The molecule has 4 atom stereocenters. The summed E-state index contributed by atoms with van der Waals surface area (Å²) in [4.78, 5) is 66.3. The van der Waals surface area contributed by atoms with Gasteiger partial charge in [0, 0.05) is 63.5 Å². The number of fused-ring (bicyclic) bond motifs is 1. The topological polar surface area (TPSA) is 170 Å². The summed E-state index contributed by atoms with van der Waals surface area (Å²) in [5, 5.41) is 15.6. The van der Waals surface area contributed by atoms with Gasteiger partial charge in [-0.15, -0.1) is 0 Å². The molecule has 3 N–H and O–H groups in total. The van der Waals surface area contributed by atoms with Gasteiger partial charge in [0.1, 0.15) is 23.9 Å². The number of ether oxygens (including phenoxy) is 4. The van der Waals surface area contributed by atoms with Crippen LogP contribution >= 0.6 is 0 Å². The zero-order valence-corrected chi connectivity index (χ0v) is 36.4. The maximum absolute atomic E-state index is 13.9. The highest BCUT2D eigenvalue weighted by Crippen LogP contribution is 2.43. The lowest BCUT2D eigenvalue weighted by molar-refractivity contribution is -0.190. The molecule has 1 heterocycles. The molecular formula is C47H65N3O10. The Morgan fingerprint density at radius 3 is 2.23 bits per heavy atom. The number of hydrogen-bond donors (Lipinski definition) is 3. The van der Waals surface area contributed by atoms with Gasteiger partial charge in [0.05, 0.1) is 18.2 Å². The number of likely N-dealkylation sites (N-methyl/N-ethyl adjacent to an activating group) is 1. The van der Waals surface area contributed by atoms with Gasteiger partial charge in [0.25, 0.3) is 5.91 Å². The monoisotopic (exact) mass is 831 g/mol. The van der Waals surface area contributed by atoms with Crippen molar-refractivity contribution in [1.82, 2.24) is 15.5 Å². The first kappa shape index (κ1) is 47.8. The Morgan fingerprint density at radius 2 is 1.62 bits per heavy atom. The van der Waals surface area contributed by atoms with Gasteiger partial charge in [-0.1, -0.05) is 63.8 Å². The van der Waals surface area contributed by atoms with Crippen molar-refractivity contribution >= 4 is 35.7 Å². The Kier molecular flexibility index (Phi) is 18.1. The summed E-state index contributed by atoms with van der Waals surface area (Å²) in [6.07, 6.45) is 10.5. The summed E-state index contributed by atoms with van der Waals surface area (Å²) < 4.78 is 25.0. The Labute approximate surface area is 355 Å². The summed E-state index contributed by atoms with van der Waals surface area (Å²) in [6, 6.07) is 12.9. The zero-order valence-electron chi connectivity index (χ0n) is 36.4. The number of nitrogens with zero attached hydrogens (tertiary/aromatic N) is 1. The predicted octanol–water partition coefficient (Wildman–Crippen LogP) is 6.81. The molecule has 1 aliphatic heterocycles. The van der Waals surface area contributed by atoms with Crippen LogP contribution < -0.4 is 10.6 Å². The molecule has 13 heteroatoms. The maximum atomic E-state index is 13.9. The highest BCUT2D eigenvalue weighted by atomic mass is 16.8. The number of aliphatic hydroxyl groups excluding tert-OH is 1. The first-order valence-electron chi connectivity index (χ1n) is 21.3. The third-order valence-electron chi connectivity index (χ3n) is 10.4. The highest BCUT2D eigenvalue weighted by Gasteiger charge is 2.52. The molecule has 0 bridgehead atoms. The number of amides is 3. The minimum atomic E-state index is -0.865. The lowest BCUT2D eigenvalue weighted by Gasteiger charge is -2.31. The number of unbranched alkanes of at least 4 members (excludes halogenated alkanes) is 4. The summed E-state index contributed by atoms with van der Waals surface area (Å²) in [5.41, 5.74) is 1.81. The van der Waals surface area contributed by atoms with E-state index in [2.05, 4.69) is 24.5 Å². The lowest BCUT2D eigenvalue weighted by Crippen LogP contribution is -2.43. The molecule has 0 unspecified atom stereocenters. The van der Waals surface area contributed by atoms with Gasteiger partial charge in [-0.05, 0) is 87.6 Å². The van der Waals surface area contributed by atoms with Crippen LogP contribution in [-0.2, 0) is 39.9 Å². The molecule has 1 saturated heterocycles. The van der Waals surface area contributed by atoms with Gasteiger partial charge < -0.3 is 39.6 Å². The van der Waals surface area contributed by atoms with E-state index in [1.807, 2.05) is 0 Å². The summed E-state index contributed by atoms with van der Waals surface area (Å²) in [7, 11) is 3.34. The molecule has 60 heavy (non-hydrogen) atoms. The summed E-state index contributed by atoms with van der Waals surface area (Å²) in [6.45, 7) is 9.36. The molecule has 4 rings (SSSR count). The van der Waals surface area contributed by atoms with Crippen molar-refractivity contribution in [2.45, 2.75) is 148 Å². The van der Waals surface area contributed by atoms with Crippen LogP contribution in [0.15, 0.2) is 66.3 Å². The molecule has 3 amide bonds. The molecular weight excluding hydrogens is 767 g/mol. The summed E-state index contributed by atoms with van der Waals surface area (Å²) >= 11 is 0. The van der Waals surface area contributed by atoms with Crippen molar-refractivity contribution in [3.63, 3.8) is 0 Å². The number of aliphatic hydroxyl groups is 1. The van der Waals surface area contributed by atoms with Crippen molar-refractivity contribution in [2.75, 3.05) is 20.7 Å². The van der Waals surface area contributed by atoms with Crippen LogP contribution in [-0.4, -0.2) is 96.1 Å². The van der Waals surface area contributed by atoms with Crippen LogP contribution in [0.3, 0.4) is 0 Å². The zero-order chi connectivity index (χ0) is 43.9. The first-order chi connectivity index (χ1) is 28.5. The van der Waals surface area contributed by atoms with Crippen LogP contribution in [0, 0.1) is 0 Å². The van der Waals surface area contributed by atoms with Gasteiger partial charge in [0.2, 0.25) is 11.8 Å².